The van der Waals surface area contributed by atoms with Crippen LogP contribution in [0, 0.1) is 13.8 Å². The second-order valence-corrected chi connectivity index (χ2v) is 5.21. The van der Waals surface area contributed by atoms with Crippen molar-refractivity contribution < 1.29 is 0 Å². The number of H-pyrrole nitrogens is 1. The fourth-order valence-corrected chi connectivity index (χ4v) is 2.45. The summed E-state index contributed by atoms with van der Waals surface area (Å²) in [6.45, 7) is 3.99. The topological polar surface area (TPSA) is 54.7 Å². The lowest BCUT2D eigenvalue weighted by atomic mass is 10.1. The maximum Gasteiger partial charge on any atom is 0.138 e. The van der Waals surface area contributed by atoms with E-state index in [2.05, 4.69) is 9.97 Å². The average molecular weight is 272 g/mol. The van der Waals surface area contributed by atoms with Gasteiger partial charge in [0.25, 0.3) is 0 Å². The zero-order valence-electron chi connectivity index (χ0n) is 10.8. The van der Waals surface area contributed by atoms with Crippen molar-refractivity contribution in [3.8, 4) is 11.4 Å². The minimum absolute atomic E-state index is 0.664. The molecule has 0 amide bonds. The van der Waals surface area contributed by atoms with Crippen LogP contribution in [0.25, 0.3) is 22.4 Å². The summed E-state index contributed by atoms with van der Waals surface area (Å²) in [5.41, 5.74) is 11.6. The number of fused-ring (bicyclic) bond motifs is 1. The van der Waals surface area contributed by atoms with E-state index in [4.69, 9.17) is 17.3 Å². The molecule has 0 saturated carbocycles. The van der Waals surface area contributed by atoms with Gasteiger partial charge in [-0.2, -0.15) is 0 Å². The Morgan fingerprint density at radius 2 is 1.95 bits per heavy atom. The molecule has 0 radical (unpaired) electrons. The number of nitrogens with two attached hydrogens (primary N) is 1. The van der Waals surface area contributed by atoms with E-state index in [1.54, 1.807) is 0 Å². The lowest BCUT2D eigenvalue weighted by Gasteiger charge is -2.01. The van der Waals surface area contributed by atoms with Gasteiger partial charge < -0.3 is 10.7 Å². The van der Waals surface area contributed by atoms with Gasteiger partial charge >= 0.3 is 0 Å². The van der Waals surface area contributed by atoms with Gasteiger partial charge in [-0.3, -0.25) is 0 Å². The Morgan fingerprint density at radius 1 is 1.16 bits per heavy atom. The molecule has 3 nitrogen and oxygen atoms in total. The molecule has 19 heavy (non-hydrogen) atoms. The molecule has 2 aromatic carbocycles. The molecule has 3 aromatic rings. The van der Waals surface area contributed by atoms with E-state index in [1.807, 2.05) is 44.2 Å². The number of hydrogen-bond donors (Lipinski definition) is 2. The maximum atomic E-state index is 6.21. The average Bonchev–Trinajstić information content (AvgIpc) is 2.76. The van der Waals surface area contributed by atoms with E-state index < -0.39 is 0 Å². The minimum Gasteiger partial charge on any atom is -0.398 e. The Hall–Kier alpha value is -2.00. The molecule has 0 atom stereocenters. The second kappa shape index (κ2) is 4.28. The standard InChI is InChI=1S/C15H14ClN3/c1-8-5-11(16)14-13(6-8)18-15(19-14)10-4-3-9(2)12(17)7-10/h3-7H,17H2,1-2H3,(H,18,19). The Labute approximate surface area is 116 Å². The normalized spacial score (nSPS) is 11.1. The van der Waals surface area contributed by atoms with E-state index >= 15 is 0 Å². The Kier molecular flexibility index (Phi) is 2.72. The number of benzene rings is 2. The van der Waals surface area contributed by atoms with Crippen LogP contribution in [0.1, 0.15) is 11.1 Å². The van der Waals surface area contributed by atoms with E-state index in [1.165, 1.54) is 0 Å². The molecule has 0 aliphatic heterocycles. The van der Waals surface area contributed by atoms with E-state index in [-0.39, 0.29) is 0 Å². The summed E-state index contributed by atoms with van der Waals surface area (Å²) in [6.07, 6.45) is 0. The molecular weight excluding hydrogens is 258 g/mol. The van der Waals surface area contributed by atoms with Gasteiger partial charge in [0.15, 0.2) is 0 Å². The molecular formula is C15H14ClN3. The number of aromatic nitrogens is 2. The Bertz CT molecular complexity index is 774. The molecule has 0 unspecified atom stereocenters. The SMILES string of the molecule is Cc1cc(Cl)c2nc(-c3ccc(C)c(N)c3)[nH]c2c1. The molecule has 0 saturated heterocycles. The number of aromatic amines is 1. The highest BCUT2D eigenvalue weighted by Crippen LogP contribution is 2.28. The van der Waals surface area contributed by atoms with Crippen molar-refractivity contribution in [1.29, 1.82) is 0 Å². The molecule has 4 heteroatoms. The number of nitrogen functional groups attached to an aromatic ring is 1. The van der Waals surface area contributed by atoms with Crippen LogP contribution in [0.5, 0.6) is 0 Å². The summed E-state index contributed by atoms with van der Waals surface area (Å²) in [7, 11) is 0. The van der Waals surface area contributed by atoms with Crippen LogP contribution in [0.3, 0.4) is 0 Å². The number of hydrogen-bond acceptors (Lipinski definition) is 2. The van der Waals surface area contributed by atoms with Gasteiger partial charge in [-0.25, -0.2) is 4.98 Å². The number of rotatable bonds is 1. The number of halogens is 1. The quantitative estimate of drug-likeness (QED) is 0.655. The van der Waals surface area contributed by atoms with Crippen molar-refractivity contribution in [2.75, 3.05) is 5.73 Å². The first-order valence-corrected chi connectivity index (χ1v) is 6.45. The van der Waals surface area contributed by atoms with Crippen LogP contribution >= 0.6 is 11.6 Å². The van der Waals surface area contributed by atoms with Gasteiger partial charge in [-0.1, -0.05) is 23.7 Å². The van der Waals surface area contributed by atoms with Gasteiger partial charge in [0.2, 0.25) is 0 Å². The summed E-state index contributed by atoms with van der Waals surface area (Å²) in [6, 6.07) is 9.87. The van der Waals surface area contributed by atoms with Crippen LogP contribution in [-0.2, 0) is 0 Å². The molecule has 3 rings (SSSR count). The van der Waals surface area contributed by atoms with Gasteiger partial charge in [-0.05, 0) is 43.2 Å². The Morgan fingerprint density at radius 3 is 2.68 bits per heavy atom. The van der Waals surface area contributed by atoms with Crippen LogP contribution in [0.4, 0.5) is 5.69 Å². The fraction of sp³-hybridized carbons (Fsp3) is 0.133. The summed E-state index contributed by atoms with van der Waals surface area (Å²) < 4.78 is 0. The third kappa shape index (κ3) is 2.06. The number of aryl methyl sites for hydroxylation is 2. The molecule has 1 heterocycles. The monoisotopic (exact) mass is 271 g/mol. The molecule has 0 spiro atoms. The zero-order valence-corrected chi connectivity index (χ0v) is 11.5. The molecule has 0 aliphatic carbocycles. The third-order valence-electron chi connectivity index (χ3n) is 3.24. The van der Waals surface area contributed by atoms with Crippen molar-refractivity contribution in [2.24, 2.45) is 0 Å². The smallest absolute Gasteiger partial charge is 0.138 e. The number of imidazole rings is 1. The molecule has 3 N–H and O–H groups in total. The van der Waals surface area contributed by atoms with E-state index in [0.29, 0.717) is 5.02 Å². The zero-order chi connectivity index (χ0) is 13.6. The number of nitrogens with zero attached hydrogens (tertiary/aromatic N) is 1. The fourth-order valence-electron chi connectivity index (χ4n) is 2.14. The van der Waals surface area contributed by atoms with Crippen LogP contribution in [0.15, 0.2) is 30.3 Å². The van der Waals surface area contributed by atoms with Crippen molar-refractivity contribution in [2.45, 2.75) is 13.8 Å². The Balaban J connectivity index is 2.20. The first kappa shape index (κ1) is 12.1. The molecule has 96 valence electrons. The molecule has 0 aliphatic rings. The van der Waals surface area contributed by atoms with E-state index in [0.717, 1.165) is 39.2 Å². The van der Waals surface area contributed by atoms with Gasteiger partial charge in [0, 0.05) is 11.3 Å². The maximum absolute atomic E-state index is 6.21. The minimum atomic E-state index is 0.664. The first-order valence-electron chi connectivity index (χ1n) is 6.07. The molecule has 0 fully saturated rings. The van der Waals surface area contributed by atoms with Crippen LogP contribution in [0.2, 0.25) is 5.02 Å². The number of anilines is 1. The number of nitrogens with one attached hydrogen (secondary N) is 1. The summed E-state index contributed by atoms with van der Waals surface area (Å²) in [5.74, 6) is 0.786. The highest BCUT2D eigenvalue weighted by molar-refractivity contribution is 6.35. The second-order valence-electron chi connectivity index (χ2n) is 4.80. The lowest BCUT2D eigenvalue weighted by Crippen LogP contribution is -1.90. The molecule has 1 aromatic heterocycles. The molecule has 0 bridgehead atoms. The van der Waals surface area contributed by atoms with Gasteiger partial charge in [0.1, 0.15) is 11.3 Å². The highest BCUT2D eigenvalue weighted by atomic mass is 35.5. The largest absolute Gasteiger partial charge is 0.398 e. The summed E-state index contributed by atoms with van der Waals surface area (Å²) in [5, 5.41) is 0.664. The van der Waals surface area contributed by atoms with Crippen LogP contribution in [-0.4, -0.2) is 9.97 Å². The highest BCUT2D eigenvalue weighted by Gasteiger charge is 2.09. The van der Waals surface area contributed by atoms with E-state index in [9.17, 15) is 0 Å². The van der Waals surface area contributed by atoms with Crippen molar-refractivity contribution in [3.05, 3.63) is 46.5 Å². The van der Waals surface area contributed by atoms with Crippen molar-refractivity contribution in [3.63, 3.8) is 0 Å². The summed E-state index contributed by atoms with van der Waals surface area (Å²) >= 11 is 6.21. The summed E-state index contributed by atoms with van der Waals surface area (Å²) in [4.78, 5) is 7.84. The first-order chi connectivity index (χ1) is 9.04. The van der Waals surface area contributed by atoms with Crippen molar-refractivity contribution in [1.82, 2.24) is 9.97 Å². The lowest BCUT2D eigenvalue weighted by molar-refractivity contribution is 1.33. The van der Waals surface area contributed by atoms with Gasteiger partial charge in [-0.15, -0.1) is 0 Å². The van der Waals surface area contributed by atoms with Gasteiger partial charge in [0.05, 0.1) is 10.5 Å². The predicted octanol–water partition coefficient (Wildman–Crippen LogP) is 4.08. The third-order valence-corrected chi connectivity index (χ3v) is 3.53. The predicted molar refractivity (Wildman–Crippen MR) is 80.4 cm³/mol. The van der Waals surface area contributed by atoms with Crippen molar-refractivity contribution >= 4 is 28.3 Å². The van der Waals surface area contributed by atoms with Crippen LogP contribution < -0.4 is 5.73 Å².